The van der Waals surface area contributed by atoms with Crippen molar-refractivity contribution in [1.82, 2.24) is 0 Å². The molecule has 12 heavy (non-hydrogen) atoms. The van der Waals surface area contributed by atoms with Gasteiger partial charge in [0.1, 0.15) is 5.82 Å². The van der Waals surface area contributed by atoms with Gasteiger partial charge < -0.3 is 5.73 Å². The summed E-state index contributed by atoms with van der Waals surface area (Å²) in [4.78, 5) is 0. The molecule has 66 valence electrons. The first-order valence-electron chi connectivity index (χ1n) is 3.77. The van der Waals surface area contributed by atoms with Crippen molar-refractivity contribution in [2.45, 2.75) is 13.0 Å². The molecule has 0 amide bonds. The van der Waals surface area contributed by atoms with Crippen molar-refractivity contribution in [1.29, 1.82) is 0 Å². The molecule has 1 rings (SSSR count). The first-order valence-corrected chi connectivity index (χ1v) is 4.41. The maximum absolute atomic E-state index is 13.0. The highest BCUT2D eigenvalue weighted by molar-refractivity contribution is 7.80. The largest absolute Gasteiger partial charge is 0.323 e. The second kappa shape index (κ2) is 3.92. The molecule has 1 aromatic rings. The third-order valence-corrected chi connectivity index (χ3v) is 2.21. The number of benzene rings is 1. The van der Waals surface area contributed by atoms with Crippen molar-refractivity contribution < 1.29 is 4.39 Å². The Hall–Kier alpha value is -0.540. The van der Waals surface area contributed by atoms with Crippen molar-refractivity contribution >= 4 is 12.6 Å². The molecule has 0 aliphatic heterocycles. The van der Waals surface area contributed by atoms with Gasteiger partial charge in [-0.2, -0.15) is 12.6 Å². The Morgan fingerprint density at radius 2 is 2.25 bits per heavy atom. The zero-order chi connectivity index (χ0) is 9.14. The van der Waals surface area contributed by atoms with Crippen LogP contribution < -0.4 is 5.73 Å². The lowest BCUT2D eigenvalue weighted by Crippen LogP contribution is -2.11. The topological polar surface area (TPSA) is 26.0 Å². The number of hydrogen-bond donors (Lipinski definition) is 2. The highest BCUT2D eigenvalue weighted by Crippen LogP contribution is 2.15. The Bertz CT molecular complexity index is 275. The van der Waals surface area contributed by atoms with Gasteiger partial charge in [-0.3, -0.25) is 0 Å². The molecule has 0 aliphatic rings. The van der Waals surface area contributed by atoms with Gasteiger partial charge in [-0.05, 0) is 24.1 Å². The smallest absolute Gasteiger partial charge is 0.126 e. The van der Waals surface area contributed by atoms with Crippen LogP contribution in [0.25, 0.3) is 0 Å². The molecular weight excluding hydrogens is 173 g/mol. The van der Waals surface area contributed by atoms with Gasteiger partial charge in [0.25, 0.3) is 0 Å². The lowest BCUT2D eigenvalue weighted by atomic mass is 10.1. The molecule has 1 nitrogen and oxygen atoms in total. The Morgan fingerprint density at radius 1 is 1.58 bits per heavy atom. The van der Waals surface area contributed by atoms with Crippen LogP contribution in [0.15, 0.2) is 18.2 Å². The summed E-state index contributed by atoms with van der Waals surface area (Å²) in [6.45, 7) is 1.73. The van der Waals surface area contributed by atoms with E-state index in [9.17, 15) is 4.39 Å². The minimum Gasteiger partial charge on any atom is -0.323 e. The molecule has 0 fully saturated rings. The zero-order valence-electron chi connectivity index (χ0n) is 6.92. The number of hydrogen-bond acceptors (Lipinski definition) is 2. The van der Waals surface area contributed by atoms with E-state index in [1.54, 1.807) is 13.0 Å². The van der Waals surface area contributed by atoms with Crippen molar-refractivity contribution in [3.8, 4) is 0 Å². The Balaban J connectivity index is 2.96. The molecule has 0 aromatic heterocycles. The molecular formula is C9H12FNS. The third kappa shape index (κ3) is 1.99. The molecule has 0 spiro atoms. The Morgan fingerprint density at radius 3 is 2.75 bits per heavy atom. The zero-order valence-corrected chi connectivity index (χ0v) is 7.81. The summed E-state index contributed by atoms with van der Waals surface area (Å²) >= 11 is 4.04. The molecule has 0 bridgehead atoms. The summed E-state index contributed by atoms with van der Waals surface area (Å²) in [5.41, 5.74) is 7.11. The fourth-order valence-electron chi connectivity index (χ4n) is 0.945. The highest BCUT2D eigenvalue weighted by Gasteiger charge is 2.05. The molecule has 1 aromatic carbocycles. The highest BCUT2D eigenvalue weighted by atomic mass is 32.1. The molecule has 0 saturated heterocycles. The third-order valence-electron chi connectivity index (χ3n) is 1.82. The van der Waals surface area contributed by atoms with E-state index in [4.69, 9.17) is 5.73 Å². The van der Waals surface area contributed by atoms with E-state index in [1.807, 2.05) is 6.07 Å². The molecule has 0 radical (unpaired) electrons. The van der Waals surface area contributed by atoms with Gasteiger partial charge in [-0.1, -0.05) is 12.1 Å². The first-order chi connectivity index (χ1) is 5.65. The van der Waals surface area contributed by atoms with Crippen LogP contribution in [0.3, 0.4) is 0 Å². The molecule has 3 heteroatoms. The number of rotatable bonds is 2. The minimum absolute atomic E-state index is 0.177. The standard InChI is InChI=1S/C9H12FNS/c1-6-2-3-7(4-8(6)10)9(11)5-12/h2-4,9,12H,5,11H2,1H3. The van der Waals surface area contributed by atoms with Crippen molar-refractivity contribution in [3.63, 3.8) is 0 Å². The van der Waals surface area contributed by atoms with Gasteiger partial charge in [-0.15, -0.1) is 0 Å². The summed E-state index contributed by atoms with van der Waals surface area (Å²) in [5.74, 6) is 0.326. The van der Waals surface area contributed by atoms with Crippen molar-refractivity contribution in [2.75, 3.05) is 5.75 Å². The fraction of sp³-hybridized carbons (Fsp3) is 0.333. The van der Waals surface area contributed by atoms with Crippen molar-refractivity contribution in [3.05, 3.63) is 35.1 Å². The minimum atomic E-state index is -0.204. The van der Waals surface area contributed by atoms with E-state index < -0.39 is 0 Å². The van der Waals surface area contributed by atoms with Gasteiger partial charge in [0.05, 0.1) is 0 Å². The van der Waals surface area contributed by atoms with Crippen LogP contribution in [0.5, 0.6) is 0 Å². The lowest BCUT2D eigenvalue weighted by molar-refractivity contribution is 0.613. The molecule has 0 saturated carbocycles. The average molecular weight is 185 g/mol. The summed E-state index contributed by atoms with van der Waals surface area (Å²) < 4.78 is 13.0. The second-order valence-corrected chi connectivity index (χ2v) is 3.16. The van der Waals surface area contributed by atoms with E-state index in [1.165, 1.54) is 6.07 Å². The molecule has 2 N–H and O–H groups in total. The van der Waals surface area contributed by atoms with Crippen LogP contribution in [-0.4, -0.2) is 5.75 Å². The van der Waals surface area contributed by atoms with E-state index in [0.29, 0.717) is 11.3 Å². The maximum Gasteiger partial charge on any atom is 0.126 e. The monoisotopic (exact) mass is 185 g/mol. The van der Waals surface area contributed by atoms with Gasteiger partial charge in [0.2, 0.25) is 0 Å². The first kappa shape index (κ1) is 9.55. The quantitative estimate of drug-likeness (QED) is 0.678. The van der Waals surface area contributed by atoms with Crippen LogP contribution in [0.2, 0.25) is 0 Å². The van der Waals surface area contributed by atoms with Crippen LogP contribution in [0, 0.1) is 12.7 Å². The Kier molecular flexibility index (Phi) is 3.12. The van der Waals surface area contributed by atoms with Gasteiger partial charge in [-0.25, -0.2) is 4.39 Å². The van der Waals surface area contributed by atoms with Gasteiger partial charge in [0.15, 0.2) is 0 Å². The van der Waals surface area contributed by atoms with Crippen molar-refractivity contribution in [2.24, 2.45) is 5.73 Å². The summed E-state index contributed by atoms with van der Waals surface area (Å²) in [7, 11) is 0. The number of nitrogens with two attached hydrogens (primary N) is 1. The van der Waals surface area contributed by atoms with E-state index >= 15 is 0 Å². The summed E-state index contributed by atoms with van der Waals surface area (Å²) in [6, 6.07) is 4.85. The molecule has 1 unspecified atom stereocenters. The average Bonchev–Trinajstić information content (AvgIpc) is 2.08. The summed E-state index contributed by atoms with van der Waals surface area (Å²) in [5, 5.41) is 0. The molecule has 0 aliphatic carbocycles. The lowest BCUT2D eigenvalue weighted by Gasteiger charge is -2.08. The SMILES string of the molecule is Cc1ccc(C(N)CS)cc1F. The van der Waals surface area contributed by atoms with E-state index in [-0.39, 0.29) is 11.9 Å². The predicted molar refractivity (Wildman–Crippen MR) is 51.9 cm³/mol. The molecule has 1 atom stereocenters. The maximum atomic E-state index is 13.0. The number of halogens is 1. The van der Waals surface area contributed by atoms with Crippen LogP contribution in [0.4, 0.5) is 4.39 Å². The Labute approximate surface area is 77.2 Å². The number of thiol groups is 1. The predicted octanol–water partition coefficient (Wildman–Crippen LogP) is 2.06. The van der Waals surface area contributed by atoms with Gasteiger partial charge >= 0.3 is 0 Å². The normalized spacial score (nSPS) is 13.0. The van der Waals surface area contributed by atoms with E-state index in [0.717, 1.165) is 5.56 Å². The van der Waals surface area contributed by atoms with Gasteiger partial charge in [0, 0.05) is 11.8 Å². The fourth-order valence-corrected chi connectivity index (χ4v) is 1.16. The number of aryl methyl sites for hydroxylation is 1. The summed E-state index contributed by atoms with van der Waals surface area (Å²) in [6.07, 6.45) is 0. The molecule has 0 heterocycles. The second-order valence-electron chi connectivity index (χ2n) is 2.80. The van der Waals surface area contributed by atoms with Crippen LogP contribution in [-0.2, 0) is 0 Å². The van der Waals surface area contributed by atoms with Crippen LogP contribution in [0.1, 0.15) is 17.2 Å². The van der Waals surface area contributed by atoms with Crippen LogP contribution >= 0.6 is 12.6 Å². The van der Waals surface area contributed by atoms with E-state index in [2.05, 4.69) is 12.6 Å².